The van der Waals surface area contributed by atoms with Crippen LogP contribution >= 0.6 is 0 Å². The Morgan fingerprint density at radius 2 is 1.89 bits per heavy atom. The van der Waals surface area contributed by atoms with Crippen molar-refractivity contribution in [2.24, 2.45) is 0 Å². The van der Waals surface area contributed by atoms with Crippen molar-refractivity contribution < 1.29 is 4.79 Å². The maximum atomic E-state index is 11.2. The summed E-state index contributed by atoms with van der Waals surface area (Å²) in [5.41, 5.74) is 1.53. The van der Waals surface area contributed by atoms with E-state index >= 15 is 0 Å². The molecule has 0 aliphatic carbocycles. The van der Waals surface area contributed by atoms with Crippen LogP contribution < -0.4 is 0 Å². The molecule has 0 amide bonds. The summed E-state index contributed by atoms with van der Waals surface area (Å²) in [6.07, 6.45) is 1.58. The van der Waals surface area contributed by atoms with Gasteiger partial charge in [0, 0.05) is 12.5 Å². The summed E-state index contributed by atoms with van der Waals surface area (Å²) in [6.45, 7) is 1.53. The van der Waals surface area contributed by atoms with Crippen LogP contribution in [0.15, 0.2) is 48.7 Å². The van der Waals surface area contributed by atoms with Gasteiger partial charge in [0.05, 0.1) is 6.20 Å². The van der Waals surface area contributed by atoms with Crippen molar-refractivity contribution in [3.05, 3.63) is 54.4 Å². The summed E-state index contributed by atoms with van der Waals surface area (Å²) >= 11 is 0. The lowest BCUT2D eigenvalue weighted by Crippen LogP contribution is -1.91. The standard InChI is InChI=1S/C15H12N2O/c1-10(18)14-9-16-15(17-14)13-7-6-11-4-2-3-5-12(11)8-13/h2-9H,1H3,(H,16,17). The van der Waals surface area contributed by atoms with Crippen molar-refractivity contribution in [1.29, 1.82) is 0 Å². The van der Waals surface area contributed by atoms with Gasteiger partial charge in [-0.15, -0.1) is 0 Å². The number of nitrogens with one attached hydrogen (secondary N) is 1. The summed E-state index contributed by atoms with van der Waals surface area (Å²) in [5.74, 6) is 0.723. The Morgan fingerprint density at radius 1 is 1.11 bits per heavy atom. The zero-order valence-electron chi connectivity index (χ0n) is 9.97. The quantitative estimate of drug-likeness (QED) is 0.693. The number of ketones is 1. The van der Waals surface area contributed by atoms with E-state index in [4.69, 9.17) is 0 Å². The first-order valence-corrected chi connectivity index (χ1v) is 5.79. The molecule has 18 heavy (non-hydrogen) atoms. The first kappa shape index (κ1) is 10.7. The Labute approximate surface area is 104 Å². The molecule has 3 rings (SSSR count). The zero-order valence-corrected chi connectivity index (χ0v) is 9.97. The number of aromatic nitrogens is 2. The molecule has 1 N–H and O–H groups in total. The van der Waals surface area contributed by atoms with Gasteiger partial charge in [0.2, 0.25) is 0 Å². The molecule has 3 nitrogen and oxygen atoms in total. The van der Waals surface area contributed by atoms with Crippen LogP contribution in [-0.2, 0) is 0 Å². The van der Waals surface area contributed by atoms with E-state index in [1.165, 1.54) is 12.3 Å². The highest BCUT2D eigenvalue weighted by Crippen LogP contribution is 2.22. The van der Waals surface area contributed by atoms with E-state index in [1.54, 1.807) is 6.20 Å². The fraction of sp³-hybridized carbons (Fsp3) is 0.0667. The van der Waals surface area contributed by atoms with Crippen molar-refractivity contribution in [3.8, 4) is 11.4 Å². The molecular weight excluding hydrogens is 224 g/mol. The second-order valence-electron chi connectivity index (χ2n) is 4.26. The van der Waals surface area contributed by atoms with E-state index in [2.05, 4.69) is 34.2 Å². The summed E-state index contributed by atoms with van der Waals surface area (Å²) in [6, 6.07) is 14.3. The minimum Gasteiger partial charge on any atom is -0.336 e. The van der Waals surface area contributed by atoms with Crippen LogP contribution in [0.1, 0.15) is 17.4 Å². The summed E-state index contributed by atoms with van der Waals surface area (Å²) in [7, 11) is 0. The van der Waals surface area contributed by atoms with E-state index < -0.39 is 0 Å². The highest BCUT2D eigenvalue weighted by Gasteiger charge is 2.06. The summed E-state index contributed by atoms with van der Waals surface area (Å²) < 4.78 is 0. The van der Waals surface area contributed by atoms with Crippen molar-refractivity contribution >= 4 is 16.6 Å². The van der Waals surface area contributed by atoms with Gasteiger partial charge in [0.1, 0.15) is 11.5 Å². The number of fused-ring (bicyclic) bond motifs is 1. The van der Waals surface area contributed by atoms with Crippen molar-refractivity contribution in [2.45, 2.75) is 6.92 Å². The molecule has 0 spiro atoms. The minimum absolute atomic E-state index is 0.00506. The number of rotatable bonds is 2. The first-order chi connectivity index (χ1) is 8.74. The molecule has 88 valence electrons. The zero-order chi connectivity index (χ0) is 12.5. The van der Waals surface area contributed by atoms with E-state index in [0.717, 1.165) is 16.8 Å². The van der Waals surface area contributed by atoms with Gasteiger partial charge in [-0.1, -0.05) is 36.4 Å². The minimum atomic E-state index is -0.00506. The van der Waals surface area contributed by atoms with Gasteiger partial charge in [-0.05, 0) is 16.8 Å². The first-order valence-electron chi connectivity index (χ1n) is 5.79. The molecular formula is C15H12N2O. The second kappa shape index (κ2) is 4.11. The average Bonchev–Trinajstić information content (AvgIpc) is 2.88. The summed E-state index contributed by atoms with van der Waals surface area (Å²) in [5, 5.41) is 2.36. The Hall–Kier alpha value is -2.42. The topological polar surface area (TPSA) is 45.8 Å². The van der Waals surface area contributed by atoms with Gasteiger partial charge >= 0.3 is 0 Å². The van der Waals surface area contributed by atoms with Crippen LogP contribution in [0.2, 0.25) is 0 Å². The number of nitrogens with zero attached hydrogens (tertiary/aromatic N) is 1. The Kier molecular flexibility index (Phi) is 2.45. The SMILES string of the molecule is CC(=O)c1cnc(-c2ccc3ccccc3c2)[nH]1. The lowest BCUT2D eigenvalue weighted by Gasteiger charge is -2.00. The number of carbonyl (C=O) groups is 1. The molecule has 0 saturated heterocycles. The Morgan fingerprint density at radius 3 is 2.61 bits per heavy atom. The molecule has 0 aliphatic rings. The van der Waals surface area contributed by atoms with Crippen LogP contribution in [0.25, 0.3) is 22.2 Å². The van der Waals surface area contributed by atoms with E-state index in [0.29, 0.717) is 5.69 Å². The molecule has 2 aromatic carbocycles. The molecule has 0 saturated carbocycles. The predicted octanol–water partition coefficient (Wildman–Crippen LogP) is 3.43. The fourth-order valence-electron chi connectivity index (χ4n) is 1.98. The number of H-pyrrole nitrogens is 1. The van der Waals surface area contributed by atoms with Crippen molar-refractivity contribution in [1.82, 2.24) is 9.97 Å². The van der Waals surface area contributed by atoms with Gasteiger partial charge < -0.3 is 4.98 Å². The Bertz CT molecular complexity index is 728. The maximum Gasteiger partial charge on any atom is 0.177 e. The molecule has 0 atom stereocenters. The van der Waals surface area contributed by atoms with Gasteiger partial charge in [0.15, 0.2) is 5.78 Å². The molecule has 1 aromatic heterocycles. The van der Waals surface area contributed by atoms with Crippen LogP contribution in [0, 0.1) is 0 Å². The second-order valence-corrected chi connectivity index (χ2v) is 4.26. The predicted molar refractivity (Wildman–Crippen MR) is 71.5 cm³/mol. The number of aromatic amines is 1. The maximum absolute atomic E-state index is 11.2. The van der Waals surface area contributed by atoms with E-state index in [9.17, 15) is 4.79 Å². The molecule has 3 heteroatoms. The smallest absolute Gasteiger partial charge is 0.177 e. The van der Waals surface area contributed by atoms with Crippen LogP contribution in [0.4, 0.5) is 0 Å². The third kappa shape index (κ3) is 1.80. The lowest BCUT2D eigenvalue weighted by molar-refractivity contribution is 0.101. The van der Waals surface area contributed by atoms with Crippen molar-refractivity contribution in [3.63, 3.8) is 0 Å². The van der Waals surface area contributed by atoms with Gasteiger partial charge in [-0.2, -0.15) is 0 Å². The van der Waals surface area contributed by atoms with Crippen LogP contribution in [0.5, 0.6) is 0 Å². The fourth-order valence-corrected chi connectivity index (χ4v) is 1.98. The van der Waals surface area contributed by atoms with Gasteiger partial charge in [0.25, 0.3) is 0 Å². The molecule has 1 heterocycles. The third-order valence-corrected chi connectivity index (χ3v) is 2.98. The number of hydrogen-bond acceptors (Lipinski definition) is 2. The molecule has 0 unspecified atom stereocenters. The highest BCUT2D eigenvalue weighted by atomic mass is 16.1. The Balaban J connectivity index is 2.10. The summed E-state index contributed by atoms with van der Waals surface area (Å²) in [4.78, 5) is 18.5. The largest absolute Gasteiger partial charge is 0.336 e. The number of hydrogen-bond donors (Lipinski definition) is 1. The van der Waals surface area contributed by atoms with Crippen molar-refractivity contribution in [2.75, 3.05) is 0 Å². The number of imidazole rings is 1. The highest BCUT2D eigenvalue weighted by molar-refractivity contribution is 5.93. The normalized spacial score (nSPS) is 10.7. The number of Topliss-reactive ketones (excluding diaryl/α,β-unsaturated/α-hetero) is 1. The van der Waals surface area contributed by atoms with Gasteiger partial charge in [-0.3, -0.25) is 4.79 Å². The molecule has 3 aromatic rings. The number of carbonyl (C=O) groups excluding carboxylic acids is 1. The van der Waals surface area contributed by atoms with Crippen LogP contribution in [-0.4, -0.2) is 15.8 Å². The monoisotopic (exact) mass is 236 g/mol. The molecule has 0 aliphatic heterocycles. The van der Waals surface area contributed by atoms with Gasteiger partial charge in [-0.25, -0.2) is 4.98 Å². The lowest BCUT2D eigenvalue weighted by atomic mass is 10.1. The molecule has 0 radical (unpaired) electrons. The number of benzene rings is 2. The average molecular weight is 236 g/mol. The van der Waals surface area contributed by atoms with Crippen LogP contribution in [0.3, 0.4) is 0 Å². The third-order valence-electron chi connectivity index (χ3n) is 2.98. The van der Waals surface area contributed by atoms with E-state index in [1.807, 2.05) is 18.2 Å². The molecule has 0 fully saturated rings. The van der Waals surface area contributed by atoms with E-state index in [-0.39, 0.29) is 5.78 Å². The molecule has 0 bridgehead atoms.